The molecule has 3 N–H and O–H groups in total. The predicted octanol–water partition coefficient (Wildman–Crippen LogP) is 4.24. The Hall–Kier alpha value is -4.15. The van der Waals surface area contributed by atoms with Gasteiger partial charge >= 0.3 is 23.9 Å². The van der Waals surface area contributed by atoms with Crippen LogP contribution in [0, 0.1) is 23.7 Å². The Labute approximate surface area is 250 Å². The van der Waals surface area contributed by atoms with Gasteiger partial charge in [-0.15, -0.1) is 0 Å². The van der Waals surface area contributed by atoms with Crippen LogP contribution >= 0.6 is 23.2 Å². The van der Waals surface area contributed by atoms with Crippen molar-refractivity contribution in [2.24, 2.45) is 23.7 Å². The van der Waals surface area contributed by atoms with Crippen molar-refractivity contribution in [3.05, 3.63) is 81.8 Å². The summed E-state index contributed by atoms with van der Waals surface area (Å²) in [6.45, 7) is 1.54. The SMILES string of the molecule is COC(=O)[C@@H]1C(C(=O)O)[C@H](C(=O)NC(C)C(Cc2ccc(Cl)c(Cl)c2)OC(=O)c2ccc3ccccc3c2)[C@@H]1C(=O)O. The summed E-state index contributed by atoms with van der Waals surface area (Å²) in [5, 5.41) is 24.3. The summed E-state index contributed by atoms with van der Waals surface area (Å²) < 4.78 is 10.4. The Bertz CT molecular complexity index is 1540. The van der Waals surface area contributed by atoms with Crippen molar-refractivity contribution >= 4 is 63.8 Å². The lowest BCUT2D eigenvalue weighted by molar-refractivity contribution is -0.188. The van der Waals surface area contributed by atoms with Crippen LogP contribution in [0.1, 0.15) is 22.8 Å². The molecule has 0 saturated heterocycles. The molecule has 3 aromatic carbocycles. The van der Waals surface area contributed by atoms with E-state index in [1.54, 1.807) is 36.4 Å². The van der Waals surface area contributed by atoms with Gasteiger partial charge in [0.1, 0.15) is 6.10 Å². The van der Waals surface area contributed by atoms with Crippen LogP contribution in [-0.4, -0.2) is 59.3 Å². The average Bonchev–Trinajstić information content (AvgIpc) is 2.93. The van der Waals surface area contributed by atoms with Crippen LogP contribution in [0.5, 0.6) is 0 Å². The van der Waals surface area contributed by atoms with Crippen LogP contribution in [0.3, 0.4) is 0 Å². The second-order valence-corrected chi connectivity index (χ2v) is 10.9. The van der Waals surface area contributed by atoms with E-state index in [4.69, 9.17) is 27.9 Å². The highest BCUT2D eigenvalue weighted by atomic mass is 35.5. The summed E-state index contributed by atoms with van der Waals surface area (Å²) in [4.78, 5) is 62.6. The normalized spacial score (nSPS) is 21.0. The van der Waals surface area contributed by atoms with Crippen molar-refractivity contribution in [2.45, 2.75) is 25.5 Å². The summed E-state index contributed by atoms with van der Waals surface area (Å²) in [5.41, 5.74) is 0.895. The summed E-state index contributed by atoms with van der Waals surface area (Å²) in [5.74, 6) is -12.0. The first kappa shape index (κ1) is 30.8. The molecule has 1 aliphatic carbocycles. The number of benzene rings is 3. The van der Waals surface area contributed by atoms with E-state index >= 15 is 0 Å². The largest absolute Gasteiger partial charge is 0.481 e. The first-order chi connectivity index (χ1) is 19.9. The zero-order valence-electron chi connectivity index (χ0n) is 22.5. The molecule has 10 nitrogen and oxygen atoms in total. The number of carboxylic acid groups (broad SMARTS) is 2. The molecule has 0 heterocycles. The molecule has 0 aliphatic heterocycles. The molecule has 42 heavy (non-hydrogen) atoms. The van der Waals surface area contributed by atoms with Crippen molar-refractivity contribution < 1.29 is 43.7 Å². The second-order valence-electron chi connectivity index (χ2n) is 10.1. The van der Waals surface area contributed by atoms with E-state index in [0.717, 1.165) is 17.9 Å². The van der Waals surface area contributed by atoms with Gasteiger partial charge in [0.2, 0.25) is 5.91 Å². The summed E-state index contributed by atoms with van der Waals surface area (Å²) in [6.07, 6.45) is -0.911. The molecule has 0 radical (unpaired) electrons. The minimum Gasteiger partial charge on any atom is -0.481 e. The number of methoxy groups -OCH3 is 1. The molecule has 1 fully saturated rings. The molecule has 4 rings (SSSR count). The van der Waals surface area contributed by atoms with Gasteiger partial charge in [0.25, 0.3) is 0 Å². The number of esters is 2. The predicted molar refractivity (Wildman–Crippen MR) is 152 cm³/mol. The smallest absolute Gasteiger partial charge is 0.338 e. The maximum atomic E-state index is 13.3. The number of hydrogen-bond acceptors (Lipinski definition) is 7. The number of carboxylic acids is 2. The van der Waals surface area contributed by atoms with Gasteiger partial charge in [-0.25, -0.2) is 4.79 Å². The highest BCUT2D eigenvalue weighted by molar-refractivity contribution is 6.42. The summed E-state index contributed by atoms with van der Waals surface area (Å²) >= 11 is 12.2. The molecule has 6 atom stereocenters. The third-order valence-corrected chi connectivity index (χ3v) is 8.23. The number of carbonyl (C=O) groups is 5. The Morgan fingerprint density at radius 1 is 0.833 bits per heavy atom. The molecule has 0 spiro atoms. The minimum absolute atomic E-state index is 0.0812. The fourth-order valence-electron chi connectivity index (χ4n) is 5.27. The maximum Gasteiger partial charge on any atom is 0.338 e. The number of amides is 1. The lowest BCUT2D eigenvalue weighted by Gasteiger charge is -2.45. The van der Waals surface area contributed by atoms with Crippen LogP contribution in [0.25, 0.3) is 10.8 Å². The van der Waals surface area contributed by atoms with Crippen molar-refractivity contribution in [1.29, 1.82) is 0 Å². The zero-order valence-corrected chi connectivity index (χ0v) is 24.0. The van der Waals surface area contributed by atoms with Crippen LogP contribution < -0.4 is 5.32 Å². The average molecular weight is 616 g/mol. The van der Waals surface area contributed by atoms with Gasteiger partial charge in [0, 0.05) is 6.42 Å². The molecular formula is C30H27Cl2NO9. The van der Waals surface area contributed by atoms with Gasteiger partial charge in [0.15, 0.2) is 0 Å². The number of rotatable bonds is 10. The second kappa shape index (κ2) is 12.8. The van der Waals surface area contributed by atoms with Crippen LogP contribution in [0.2, 0.25) is 10.0 Å². The fourth-order valence-corrected chi connectivity index (χ4v) is 5.59. The van der Waals surface area contributed by atoms with Gasteiger partial charge in [-0.3, -0.25) is 19.2 Å². The summed E-state index contributed by atoms with van der Waals surface area (Å²) in [7, 11) is 1.01. The molecule has 220 valence electrons. The number of nitrogens with one attached hydrogen (secondary N) is 1. The molecule has 3 unspecified atom stereocenters. The van der Waals surface area contributed by atoms with E-state index in [1.807, 2.05) is 24.3 Å². The first-order valence-corrected chi connectivity index (χ1v) is 13.7. The number of aliphatic carboxylic acids is 2. The molecule has 12 heteroatoms. The van der Waals surface area contributed by atoms with Gasteiger partial charge < -0.3 is 25.0 Å². The van der Waals surface area contributed by atoms with Crippen molar-refractivity contribution in [3.63, 3.8) is 0 Å². The number of halogens is 2. The quantitative estimate of drug-likeness (QED) is 0.284. The number of fused-ring (bicyclic) bond motifs is 1. The molecule has 0 bridgehead atoms. The molecule has 3 aromatic rings. The lowest BCUT2D eigenvalue weighted by Crippen LogP contribution is -2.63. The number of carbonyl (C=O) groups excluding carboxylic acids is 3. The fraction of sp³-hybridized carbons (Fsp3) is 0.300. The van der Waals surface area contributed by atoms with Gasteiger partial charge in [-0.05, 0) is 47.5 Å². The molecular weight excluding hydrogens is 589 g/mol. The van der Waals surface area contributed by atoms with E-state index in [0.29, 0.717) is 10.6 Å². The zero-order chi connectivity index (χ0) is 30.7. The third kappa shape index (κ3) is 6.34. The monoisotopic (exact) mass is 615 g/mol. The van der Waals surface area contributed by atoms with Crippen molar-refractivity contribution in [2.75, 3.05) is 7.11 Å². The van der Waals surface area contributed by atoms with Crippen molar-refractivity contribution in [1.82, 2.24) is 5.32 Å². The highest BCUT2D eigenvalue weighted by Crippen LogP contribution is 2.47. The first-order valence-electron chi connectivity index (χ1n) is 12.9. The molecule has 1 amide bonds. The Balaban J connectivity index is 1.59. The van der Waals surface area contributed by atoms with E-state index in [1.165, 1.54) is 6.92 Å². The van der Waals surface area contributed by atoms with E-state index in [9.17, 15) is 34.2 Å². The third-order valence-electron chi connectivity index (χ3n) is 7.49. The molecule has 0 aromatic heterocycles. The minimum atomic E-state index is -1.61. The van der Waals surface area contributed by atoms with Crippen molar-refractivity contribution in [3.8, 4) is 0 Å². The van der Waals surface area contributed by atoms with Crippen LogP contribution in [0.15, 0.2) is 60.7 Å². The maximum absolute atomic E-state index is 13.3. The van der Waals surface area contributed by atoms with E-state index < -0.39 is 65.6 Å². The van der Waals surface area contributed by atoms with Crippen LogP contribution in [0.4, 0.5) is 0 Å². The standard InChI is InChI=1S/C30H27Cl2NO9/c1-14(33-26(34)22-23(27(35)36)25(30(40)41-2)24(22)28(37)38)21(12-15-7-10-19(31)20(32)11-15)42-29(39)18-9-8-16-5-3-4-6-17(16)13-18/h3-11,13-14,21-25H,12H2,1-2H3,(H,33,34)(H,35,36)(H,37,38)/t14?,21?,22-,23+,24?,25+/m1/s1. The number of ether oxygens (including phenoxy) is 2. The van der Waals surface area contributed by atoms with Gasteiger partial charge in [0.05, 0.1) is 52.4 Å². The van der Waals surface area contributed by atoms with E-state index in [-0.39, 0.29) is 17.0 Å². The Morgan fingerprint density at radius 2 is 1.48 bits per heavy atom. The molecule has 1 saturated carbocycles. The number of hydrogen-bond donors (Lipinski definition) is 3. The topological polar surface area (TPSA) is 156 Å². The van der Waals surface area contributed by atoms with Gasteiger partial charge in [-0.1, -0.05) is 59.6 Å². The molecule has 1 aliphatic rings. The Kier molecular flexibility index (Phi) is 9.38. The van der Waals surface area contributed by atoms with E-state index in [2.05, 4.69) is 10.1 Å². The van der Waals surface area contributed by atoms with Crippen LogP contribution in [-0.2, 0) is 35.1 Å². The van der Waals surface area contributed by atoms with Gasteiger partial charge in [-0.2, -0.15) is 0 Å². The lowest BCUT2D eigenvalue weighted by atomic mass is 9.56. The summed E-state index contributed by atoms with van der Waals surface area (Å²) in [6, 6.07) is 16.4. The Morgan fingerprint density at radius 3 is 2.07 bits per heavy atom. The highest BCUT2D eigenvalue weighted by Gasteiger charge is 2.64.